The maximum atomic E-state index is 16.9. The predicted octanol–water partition coefficient (Wildman–Crippen LogP) is 5.46. The van der Waals surface area contributed by atoms with Crippen LogP contribution in [0, 0.1) is 13.8 Å². The number of hydrogen-bond donors (Lipinski definition) is 1. The Balaban J connectivity index is 1.39. The van der Waals surface area contributed by atoms with Crippen LogP contribution >= 0.6 is 0 Å². The Morgan fingerprint density at radius 2 is 1.22 bits per heavy atom. The lowest BCUT2D eigenvalue weighted by Crippen LogP contribution is -2.49. The second-order valence-electron chi connectivity index (χ2n) is 14.9. The molecule has 20 heteroatoms. The average molecular weight is 872 g/mol. The van der Waals surface area contributed by atoms with Crippen molar-refractivity contribution in [3.63, 3.8) is 0 Å². The third kappa shape index (κ3) is 8.27. The summed E-state index contributed by atoms with van der Waals surface area (Å²) in [6.07, 6.45) is 0. The Kier molecular flexibility index (Phi) is 11.8. The Hall–Kier alpha value is -7.25. The van der Waals surface area contributed by atoms with Crippen LogP contribution < -0.4 is 26.4 Å². The smallest absolute Gasteiger partial charge is 0.329 e. The lowest BCUT2D eigenvalue weighted by molar-refractivity contribution is -0.221. The highest BCUT2D eigenvalue weighted by Crippen LogP contribution is 2.39. The van der Waals surface area contributed by atoms with E-state index in [-0.39, 0.29) is 58.0 Å². The van der Waals surface area contributed by atoms with Gasteiger partial charge in [0.2, 0.25) is 17.1 Å². The Bertz CT molecular complexity index is 3060. The third-order valence-electron chi connectivity index (χ3n) is 10.6. The van der Waals surface area contributed by atoms with Gasteiger partial charge in [-0.2, -0.15) is 37.7 Å². The molecule has 3 aromatic carbocycles. The number of halogens is 4. The van der Waals surface area contributed by atoms with Crippen molar-refractivity contribution >= 4 is 39.8 Å². The molecule has 63 heavy (non-hydrogen) atoms. The third-order valence-corrected chi connectivity index (χ3v) is 10.6. The van der Waals surface area contributed by atoms with Gasteiger partial charge < -0.3 is 33.5 Å². The molecule has 0 aliphatic rings. The summed E-state index contributed by atoms with van der Waals surface area (Å²) in [5.41, 5.74) is 6.84. The second-order valence-corrected chi connectivity index (χ2v) is 14.9. The summed E-state index contributed by atoms with van der Waals surface area (Å²) < 4.78 is 85.8. The van der Waals surface area contributed by atoms with Crippen molar-refractivity contribution < 1.29 is 41.4 Å². The molecule has 0 spiro atoms. The fourth-order valence-corrected chi connectivity index (χ4v) is 7.44. The number of aromatic nitrogens is 8. The highest BCUT2D eigenvalue weighted by molar-refractivity contribution is 5.99. The predicted molar refractivity (Wildman–Crippen MR) is 223 cm³/mol. The standard InChI is InChI=1S/C43H45F4N11O5/c1-8-57-33(18-25(3)51-57)38(60)49-40-53(5)30-12-10-11-13-31(30)55(40)23-42(44,45)43(46,47)24-56-36-32(54(6)41(56)50-39(61)34-19-26(4)52-58(34)9-2)20-28(37(48)59)21-35(36)63-22-27-14-16-29(62-7)17-15-27/h10-21H,8-9,22-24H2,1-7H3,(H2,48,59)/b49-40+,50-41?. The second kappa shape index (κ2) is 16.9. The van der Waals surface area contributed by atoms with E-state index in [0.29, 0.717) is 34.8 Å². The average Bonchev–Trinajstić information content (AvgIpc) is 3.98. The van der Waals surface area contributed by atoms with E-state index >= 15 is 17.6 Å². The molecule has 0 atom stereocenters. The molecule has 2 N–H and O–H groups in total. The zero-order valence-electron chi connectivity index (χ0n) is 35.6. The summed E-state index contributed by atoms with van der Waals surface area (Å²) in [7, 11) is 4.36. The number of rotatable bonds is 14. The maximum absolute atomic E-state index is 16.9. The summed E-state index contributed by atoms with van der Waals surface area (Å²) in [5.74, 6) is -12.0. The molecule has 0 bridgehead atoms. The molecule has 4 aromatic heterocycles. The van der Waals surface area contributed by atoms with Crippen LogP contribution in [0.25, 0.3) is 22.1 Å². The SMILES string of the molecule is CCn1nc(C)cc1C(=O)N=c1n(C)c2cc(C(N)=O)cc(OCc3ccc(OC)cc3)c2n1CC(F)(F)C(F)(F)Cn1/c(=N/C(=O)c2cc(C)nn2CC)n(C)c2ccccc21. The lowest BCUT2D eigenvalue weighted by atomic mass is 10.1. The van der Waals surface area contributed by atoms with E-state index in [9.17, 15) is 14.4 Å². The number of methoxy groups -OCH3 is 1. The van der Waals surface area contributed by atoms with Gasteiger partial charge >= 0.3 is 11.8 Å². The van der Waals surface area contributed by atoms with Gasteiger partial charge in [-0.1, -0.05) is 24.3 Å². The Morgan fingerprint density at radius 3 is 1.75 bits per heavy atom. The summed E-state index contributed by atoms with van der Waals surface area (Å²) in [5, 5.41) is 8.55. The quantitative estimate of drug-likeness (QED) is 0.141. The van der Waals surface area contributed by atoms with E-state index in [1.807, 2.05) is 0 Å². The largest absolute Gasteiger partial charge is 0.497 e. The summed E-state index contributed by atoms with van der Waals surface area (Å²) >= 11 is 0. The van der Waals surface area contributed by atoms with Gasteiger partial charge in [0.15, 0.2) is 0 Å². The van der Waals surface area contributed by atoms with Gasteiger partial charge in [0.1, 0.15) is 35.0 Å². The first-order chi connectivity index (χ1) is 29.9. The van der Waals surface area contributed by atoms with Gasteiger partial charge in [-0.25, -0.2) is 0 Å². The van der Waals surface area contributed by atoms with Gasteiger partial charge in [0, 0.05) is 32.7 Å². The van der Waals surface area contributed by atoms with Crippen LogP contribution in [0.5, 0.6) is 11.5 Å². The molecule has 330 valence electrons. The normalized spacial score (nSPS) is 12.8. The monoisotopic (exact) mass is 871 g/mol. The fraction of sp³-hybridized carbons (Fsp3) is 0.326. The molecule has 0 saturated carbocycles. The van der Waals surface area contributed by atoms with Crippen LogP contribution in [0.4, 0.5) is 17.6 Å². The number of imidazole rings is 2. The van der Waals surface area contributed by atoms with Crippen molar-refractivity contribution in [3.8, 4) is 11.5 Å². The number of carbonyl (C=O) groups excluding carboxylic acids is 3. The number of amides is 3. The van der Waals surface area contributed by atoms with Crippen LogP contribution in [0.2, 0.25) is 0 Å². The van der Waals surface area contributed by atoms with E-state index in [2.05, 4.69) is 20.2 Å². The number of primary amides is 1. The van der Waals surface area contributed by atoms with Crippen molar-refractivity contribution in [2.45, 2.75) is 72.3 Å². The number of para-hydroxylation sites is 2. The number of nitrogens with zero attached hydrogens (tertiary/aromatic N) is 10. The summed E-state index contributed by atoms with van der Waals surface area (Å²) in [6, 6.07) is 18.4. The molecular weight excluding hydrogens is 827 g/mol. The number of fused-ring (bicyclic) bond motifs is 2. The first kappa shape index (κ1) is 43.8. The molecule has 0 aliphatic carbocycles. The maximum Gasteiger partial charge on any atom is 0.329 e. The molecule has 0 unspecified atom stereocenters. The van der Waals surface area contributed by atoms with E-state index < -0.39 is 48.3 Å². The minimum Gasteiger partial charge on any atom is -0.497 e. The molecule has 3 amide bonds. The van der Waals surface area contributed by atoms with Gasteiger partial charge in [0.25, 0.3) is 11.8 Å². The van der Waals surface area contributed by atoms with Crippen LogP contribution in [0.1, 0.15) is 62.1 Å². The van der Waals surface area contributed by atoms with Crippen molar-refractivity contribution in [3.05, 3.63) is 118 Å². The number of carbonyl (C=O) groups is 3. The molecule has 7 rings (SSSR count). The highest BCUT2D eigenvalue weighted by Gasteiger charge is 2.57. The Morgan fingerprint density at radius 1 is 0.714 bits per heavy atom. The van der Waals surface area contributed by atoms with Gasteiger partial charge in [-0.05, 0) is 81.8 Å². The number of alkyl halides is 4. The highest BCUT2D eigenvalue weighted by atomic mass is 19.3. The first-order valence-electron chi connectivity index (χ1n) is 19.8. The summed E-state index contributed by atoms with van der Waals surface area (Å²) in [4.78, 5) is 48.4. The lowest BCUT2D eigenvalue weighted by Gasteiger charge is -2.28. The van der Waals surface area contributed by atoms with Crippen LogP contribution in [0.15, 0.2) is 82.8 Å². The van der Waals surface area contributed by atoms with Crippen LogP contribution in [0.3, 0.4) is 0 Å². The fourth-order valence-electron chi connectivity index (χ4n) is 7.44. The summed E-state index contributed by atoms with van der Waals surface area (Å²) in [6.45, 7) is 3.89. The van der Waals surface area contributed by atoms with E-state index in [1.165, 1.54) is 70.0 Å². The van der Waals surface area contributed by atoms with Crippen molar-refractivity contribution in [2.75, 3.05) is 7.11 Å². The minimum atomic E-state index is -4.90. The molecule has 7 aromatic rings. The molecule has 0 fully saturated rings. The van der Waals surface area contributed by atoms with Gasteiger partial charge in [-0.15, -0.1) is 0 Å². The molecule has 0 saturated heterocycles. The number of hydrogen-bond acceptors (Lipinski definition) is 7. The molecule has 0 aliphatic heterocycles. The van der Waals surface area contributed by atoms with E-state index in [0.717, 1.165) is 9.13 Å². The topological polar surface area (TPSA) is 176 Å². The van der Waals surface area contributed by atoms with E-state index in [1.54, 1.807) is 70.2 Å². The zero-order chi connectivity index (χ0) is 45.5. The van der Waals surface area contributed by atoms with Crippen molar-refractivity contribution in [2.24, 2.45) is 29.8 Å². The van der Waals surface area contributed by atoms with Crippen LogP contribution in [-0.2, 0) is 46.9 Å². The van der Waals surface area contributed by atoms with Crippen molar-refractivity contribution in [1.82, 2.24) is 37.8 Å². The molecular formula is C43H45F4N11O5. The number of benzene rings is 3. The number of aryl methyl sites for hydroxylation is 6. The van der Waals surface area contributed by atoms with Crippen molar-refractivity contribution in [1.29, 1.82) is 0 Å². The Labute approximate surface area is 357 Å². The van der Waals surface area contributed by atoms with E-state index in [4.69, 9.17) is 15.2 Å². The molecule has 16 nitrogen and oxygen atoms in total. The first-order valence-corrected chi connectivity index (χ1v) is 19.8. The van der Waals surface area contributed by atoms with Gasteiger partial charge in [0.05, 0.1) is 48.1 Å². The van der Waals surface area contributed by atoms with Crippen LogP contribution in [-0.4, -0.2) is 74.5 Å². The minimum absolute atomic E-state index is 0.0199. The molecule has 4 heterocycles. The zero-order valence-corrected chi connectivity index (χ0v) is 35.6. The molecule has 0 radical (unpaired) electrons. The number of ether oxygens (including phenoxy) is 2. The number of nitrogens with two attached hydrogens (primary N) is 1. The van der Waals surface area contributed by atoms with Gasteiger partial charge in [-0.3, -0.25) is 23.7 Å².